The van der Waals surface area contributed by atoms with Crippen LogP contribution in [0.2, 0.25) is 0 Å². The van der Waals surface area contributed by atoms with Crippen LogP contribution in [0.1, 0.15) is 15.9 Å². The maximum absolute atomic E-state index is 13.6. The van der Waals surface area contributed by atoms with Crippen LogP contribution in [-0.4, -0.2) is 12.9 Å². The van der Waals surface area contributed by atoms with Crippen LogP contribution in [0.4, 0.5) is 8.78 Å². The first-order valence-electron chi connectivity index (χ1n) is 6.31. The standard InChI is InChI=1S/C17H11F2NO2/c1-22-16-7-6-11(9-15(16)19)8-12(10-20)17(21)13-4-2-3-5-14(13)18/h2-9H,1H3/b12-8+. The van der Waals surface area contributed by atoms with Crippen LogP contribution < -0.4 is 4.74 Å². The fourth-order valence-electron chi connectivity index (χ4n) is 1.88. The molecule has 0 N–H and O–H groups in total. The van der Waals surface area contributed by atoms with Crippen LogP contribution in [0.3, 0.4) is 0 Å². The van der Waals surface area contributed by atoms with Crippen LogP contribution >= 0.6 is 0 Å². The van der Waals surface area contributed by atoms with Crippen molar-refractivity contribution < 1.29 is 18.3 Å². The van der Waals surface area contributed by atoms with Gasteiger partial charge in [0, 0.05) is 0 Å². The van der Waals surface area contributed by atoms with Crippen molar-refractivity contribution in [3.8, 4) is 11.8 Å². The number of methoxy groups -OCH3 is 1. The van der Waals surface area contributed by atoms with E-state index in [9.17, 15) is 13.6 Å². The average Bonchev–Trinajstić information content (AvgIpc) is 2.52. The highest BCUT2D eigenvalue weighted by Crippen LogP contribution is 2.20. The molecule has 5 heteroatoms. The first-order valence-corrected chi connectivity index (χ1v) is 6.31. The zero-order chi connectivity index (χ0) is 16.1. The molecule has 0 fully saturated rings. The summed E-state index contributed by atoms with van der Waals surface area (Å²) in [6, 6.07) is 11.1. The van der Waals surface area contributed by atoms with Gasteiger partial charge in [0.1, 0.15) is 17.5 Å². The van der Waals surface area contributed by atoms with E-state index in [2.05, 4.69) is 0 Å². The Labute approximate surface area is 126 Å². The molecule has 0 aliphatic heterocycles. The molecule has 0 aliphatic rings. The van der Waals surface area contributed by atoms with Gasteiger partial charge in [-0.3, -0.25) is 4.79 Å². The highest BCUT2D eigenvalue weighted by molar-refractivity contribution is 6.14. The fraction of sp³-hybridized carbons (Fsp3) is 0.0588. The van der Waals surface area contributed by atoms with Crippen LogP contribution in [0.25, 0.3) is 6.08 Å². The number of halogens is 2. The second kappa shape index (κ2) is 6.64. The Morgan fingerprint density at radius 1 is 1.18 bits per heavy atom. The van der Waals surface area contributed by atoms with Gasteiger partial charge < -0.3 is 4.74 Å². The Balaban J connectivity index is 2.40. The van der Waals surface area contributed by atoms with Gasteiger partial charge in [0.2, 0.25) is 5.78 Å². The third-order valence-electron chi connectivity index (χ3n) is 2.97. The van der Waals surface area contributed by atoms with Gasteiger partial charge in [-0.1, -0.05) is 18.2 Å². The molecule has 0 radical (unpaired) electrons. The van der Waals surface area contributed by atoms with Crippen LogP contribution in [-0.2, 0) is 0 Å². The zero-order valence-corrected chi connectivity index (χ0v) is 11.6. The van der Waals surface area contributed by atoms with E-state index in [1.807, 2.05) is 0 Å². The van der Waals surface area contributed by atoms with Gasteiger partial charge in [0.15, 0.2) is 11.6 Å². The van der Waals surface area contributed by atoms with Crippen LogP contribution in [0.5, 0.6) is 5.75 Å². The molecule has 0 atom stereocenters. The summed E-state index contributed by atoms with van der Waals surface area (Å²) in [5, 5.41) is 9.10. The molecule has 2 rings (SSSR count). The zero-order valence-electron chi connectivity index (χ0n) is 11.6. The molecule has 0 amide bonds. The number of carbonyl (C=O) groups is 1. The first kappa shape index (κ1) is 15.4. The number of hydrogen-bond donors (Lipinski definition) is 0. The topological polar surface area (TPSA) is 50.1 Å². The van der Waals surface area contributed by atoms with E-state index >= 15 is 0 Å². The molecule has 0 aliphatic carbocycles. The van der Waals surface area contributed by atoms with E-state index in [1.54, 1.807) is 6.07 Å². The molecular formula is C17H11F2NO2. The molecule has 0 saturated heterocycles. The SMILES string of the molecule is COc1ccc(/C=C(\C#N)C(=O)c2ccccc2F)cc1F. The van der Waals surface area contributed by atoms with E-state index < -0.39 is 17.4 Å². The Bertz CT molecular complexity index is 791. The summed E-state index contributed by atoms with van der Waals surface area (Å²) < 4.78 is 32.0. The minimum atomic E-state index is -0.753. The van der Waals surface area contributed by atoms with E-state index in [0.717, 1.165) is 12.1 Å². The predicted octanol–water partition coefficient (Wildman–Crippen LogP) is 3.76. The summed E-state index contributed by atoms with van der Waals surface area (Å²) >= 11 is 0. The fourth-order valence-corrected chi connectivity index (χ4v) is 1.88. The van der Waals surface area contributed by atoms with E-state index in [-0.39, 0.29) is 16.9 Å². The number of nitriles is 1. The highest BCUT2D eigenvalue weighted by Gasteiger charge is 2.16. The minimum Gasteiger partial charge on any atom is -0.494 e. The third kappa shape index (κ3) is 3.18. The van der Waals surface area contributed by atoms with Gasteiger partial charge >= 0.3 is 0 Å². The van der Waals surface area contributed by atoms with Gasteiger partial charge in [-0.15, -0.1) is 0 Å². The number of nitrogens with zero attached hydrogens (tertiary/aromatic N) is 1. The van der Waals surface area contributed by atoms with Crippen LogP contribution in [0, 0.1) is 23.0 Å². The monoisotopic (exact) mass is 299 g/mol. The number of ketones is 1. The number of rotatable bonds is 4. The van der Waals surface area contributed by atoms with Crippen molar-refractivity contribution >= 4 is 11.9 Å². The summed E-state index contributed by atoms with van der Waals surface area (Å²) in [5.41, 5.74) is -0.182. The Kier molecular flexibility index (Phi) is 4.64. The molecule has 0 aromatic heterocycles. The Morgan fingerprint density at radius 3 is 2.50 bits per heavy atom. The molecule has 0 heterocycles. The van der Waals surface area contributed by atoms with E-state index in [4.69, 9.17) is 10.00 Å². The largest absolute Gasteiger partial charge is 0.494 e. The van der Waals surface area contributed by atoms with E-state index in [0.29, 0.717) is 5.56 Å². The number of Topliss-reactive ketones (excluding diaryl/α,β-unsaturated/α-hetero) is 1. The lowest BCUT2D eigenvalue weighted by Crippen LogP contribution is -2.04. The van der Waals surface area contributed by atoms with E-state index in [1.165, 1.54) is 43.5 Å². The van der Waals surface area contributed by atoms with Gasteiger partial charge in [0.05, 0.1) is 12.7 Å². The van der Waals surface area contributed by atoms with Crippen molar-refractivity contribution in [1.82, 2.24) is 0 Å². The summed E-state index contributed by atoms with van der Waals surface area (Å²) in [5.74, 6) is -2.03. The smallest absolute Gasteiger partial charge is 0.206 e. The van der Waals surface area contributed by atoms with Crippen molar-refractivity contribution in [3.63, 3.8) is 0 Å². The van der Waals surface area contributed by atoms with Gasteiger partial charge in [-0.25, -0.2) is 8.78 Å². The summed E-state index contributed by atoms with van der Waals surface area (Å²) in [7, 11) is 1.33. The number of allylic oxidation sites excluding steroid dienone is 1. The maximum Gasteiger partial charge on any atom is 0.206 e. The molecule has 2 aromatic rings. The normalized spacial score (nSPS) is 10.9. The van der Waals surface area contributed by atoms with Crippen molar-refractivity contribution in [2.75, 3.05) is 7.11 Å². The molecule has 3 nitrogen and oxygen atoms in total. The van der Waals surface area contributed by atoms with Crippen LogP contribution in [0.15, 0.2) is 48.0 Å². The molecule has 0 saturated carbocycles. The molecule has 2 aromatic carbocycles. The van der Waals surface area contributed by atoms with Crippen molar-refractivity contribution in [1.29, 1.82) is 5.26 Å². The quantitative estimate of drug-likeness (QED) is 0.490. The third-order valence-corrected chi connectivity index (χ3v) is 2.97. The predicted molar refractivity (Wildman–Crippen MR) is 77.3 cm³/mol. The lowest BCUT2D eigenvalue weighted by molar-refractivity contribution is 0.103. The second-order valence-electron chi connectivity index (χ2n) is 4.37. The lowest BCUT2D eigenvalue weighted by Gasteiger charge is -2.03. The average molecular weight is 299 g/mol. The van der Waals surface area contributed by atoms with Crippen molar-refractivity contribution in [2.24, 2.45) is 0 Å². The van der Waals surface area contributed by atoms with Crippen molar-refractivity contribution in [2.45, 2.75) is 0 Å². The Hall–Kier alpha value is -3.00. The summed E-state index contributed by atoms with van der Waals surface area (Å²) in [6.07, 6.45) is 1.21. The van der Waals surface area contributed by atoms with Gasteiger partial charge in [-0.05, 0) is 35.9 Å². The van der Waals surface area contributed by atoms with Gasteiger partial charge in [-0.2, -0.15) is 5.26 Å². The summed E-state index contributed by atoms with van der Waals surface area (Å²) in [6.45, 7) is 0. The maximum atomic E-state index is 13.6. The number of ether oxygens (including phenoxy) is 1. The molecule has 0 spiro atoms. The number of benzene rings is 2. The summed E-state index contributed by atoms with van der Waals surface area (Å²) in [4.78, 5) is 12.2. The number of carbonyl (C=O) groups excluding carboxylic acids is 1. The van der Waals surface area contributed by atoms with Gasteiger partial charge in [0.25, 0.3) is 0 Å². The lowest BCUT2D eigenvalue weighted by atomic mass is 10.0. The molecule has 110 valence electrons. The minimum absolute atomic E-state index is 0.0519. The second-order valence-corrected chi connectivity index (χ2v) is 4.37. The number of hydrogen-bond acceptors (Lipinski definition) is 3. The molecule has 22 heavy (non-hydrogen) atoms. The molecular weight excluding hydrogens is 288 g/mol. The first-order chi connectivity index (χ1) is 10.6. The molecule has 0 bridgehead atoms. The highest BCUT2D eigenvalue weighted by atomic mass is 19.1. The van der Waals surface area contributed by atoms with Crippen molar-refractivity contribution in [3.05, 3.63) is 70.8 Å². The Morgan fingerprint density at radius 2 is 1.91 bits per heavy atom. The molecule has 0 unspecified atom stereocenters.